The fourth-order valence-corrected chi connectivity index (χ4v) is 2.73. The van der Waals surface area contributed by atoms with Crippen LogP contribution in [0.15, 0.2) is 30.6 Å². The lowest BCUT2D eigenvalue weighted by atomic mass is 9.87. The van der Waals surface area contributed by atoms with Gasteiger partial charge in [-0.3, -0.25) is 0 Å². The van der Waals surface area contributed by atoms with Gasteiger partial charge in [0.2, 0.25) is 0 Å². The summed E-state index contributed by atoms with van der Waals surface area (Å²) >= 11 is 0. The molecule has 1 aromatic carbocycles. The van der Waals surface area contributed by atoms with E-state index < -0.39 is 0 Å². The molecule has 19 heavy (non-hydrogen) atoms. The highest BCUT2D eigenvalue weighted by molar-refractivity contribution is 5.39. The van der Waals surface area contributed by atoms with Gasteiger partial charge < -0.3 is 15.0 Å². The average molecular weight is 257 g/mol. The Bertz CT molecular complexity index is 536. The fraction of sp³-hybridized carbons (Fsp3) is 0.400. The molecule has 0 saturated carbocycles. The highest BCUT2D eigenvalue weighted by Gasteiger charge is 2.20. The number of nitrogens with one attached hydrogen (secondary N) is 2. The van der Waals surface area contributed by atoms with Crippen molar-refractivity contribution in [3.05, 3.63) is 47.5 Å². The highest BCUT2D eigenvalue weighted by Crippen LogP contribution is 2.32. The quantitative estimate of drug-likeness (QED) is 0.885. The molecule has 1 unspecified atom stereocenters. The Hall–Kier alpha value is -1.81. The molecule has 1 atom stereocenters. The monoisotopic (exact) mass is 257 g/mol. The summed E-state index contributed by atoms with van der Waals surface area (Å²) in [7, 11) is 1.72. The van der Waals surface area contributed by atoms with Crippen LogP contribution in [0.25, 0.3) is 0 Å². The number of fused-ring (bicyclic) bond motifs is 1. The number of hydrogen-bond acceptors (Lipinski definition) is 3. The van der Waals surface area contributed by atoms with Crippen molar-refractivity contribution in [3.8, 4) is 5.75 Å². The van der Waals surface area contributed by atoms with E-state index in [0.29, 0.717) is 6.04 Å². The molecule has 0 radical (unpaired) electrons. The van der Waals surface area contributed by atoms with Crippen LogP contribution in [-0.2, 0) is 13.0 Å². The molecule has 0 spiro atoms. The number of rotatable bonds is 4. The number of aromatic amines is 1. The normalized spacial score (nSPS) is 18.1. The predicted octanol–water partition coefficient (Wildman–Crippen LogP) is 2.59. The third kappa shape index (κ3) is 2.63. The summed E-state index contributed by atoms with van der Waals surface area (Å²) in [4.78, 5) is 7.37. The number of hydrogen-bond donors (Lipinski definition) is 2. The third-order valence-electron chi connectivity index (χ3n) is 3.74. The Morgan fingerprint density at radius 1 is 1.47 bits per heavy atom. The Morgan fingerprint density at radius 3 is 3.21 bits per heavy atom. The number of imidazole rings is 1. The van der Waals surface area contributed by atoms with Gasteiger partial charge in [-0.2, -0.15) is 0 Å². The number of aromatic nitrogens is 2. The zero-order chi connectivity index (χ0) is 13.1. The summed E-state index contributed by atoms with van der Waals surface area (Å²) in [5.74, 6) is 1.92. The Balaban J connectivity index is 1.77. The molecule has 0 fully saturated rings. The van der Waals surface area contributed by atoms with Crippen LogP contribution in [0.2, 0.25) is 0 Å². The SMILES string of the molecule is COc1ccc2c(c1)C(NCc1ncc[nH]1)CCC2. The van der Waals surface area contributed by atoms with Crippen LogP contribution in [-0.4, -0.2) is 17.1 Å². The molecule has 1 aliphatic rings. The second kappa shape index (κ2) is 5.45. The minimum atomic E-state index is 0.393. The van der Waals surface area contributed by atoms with Gasteiger partial charge in [0.05, 0.1) is 13.7 Å². The van der Waals surface area contributed by atoms with E-state index in [2.05, 4.69) is 27.4 Å². The van der Waals surface area contributed by atoms with E-state index >= 15 is 0 Å². The summed E-state index contributed by atoms with van der Waals surface area (Å²) in [6.07, 6.45) is 7.21. The van der Waals surface area contributed by atoms with Crippen LogP contribution in [0, 0.1) is 0 Å². The lowest BCUT2D eigenvalue weighted by Crippen LogP contribution is -2.25. The summed E-state index contributed by atoms with van der Waals surface area (Å²) in [6.45, 7) is 0.772. The fourth-order valence-electron chi connectivity index (χ4n) is 2.73. The maximum absolute atomic E-state index is 5.33. The second-order valence-electron chi connectivity index (χ2n) is 4.93. The summed E-state index contributed by atoms with van der Waals surface area (Å²) < 4.78 is 5.33. The zero-order valence-electron chi connectivity index (χ0n) is 11.1. The molecule has 2 aromatic rings. The average Bonchev–Trinajstić information content (AvgIpc) is 2.97. The first kappa shape index (κ1) is 12.2. The van der Waals surface area contributed by atoms with Crippen LogP contribution in [0.1, 0.15) is 35.8 Å². The van der Waals surface area contributed by atoms with Gasteiger partial charge in [-0.15, -0.1) is 0 Å². The van der Waals surface area contributed by atoms with Crippen LogP contribution >= 0.6 is 0 Å². The Morgan fingerprint density at radius 2 is 2.42 bits per heavy atom. The van der Waals surface area contributed by atoms with Gasteiger partial charge in [-0.1, -0.05) is 6.07 Å². The molecule has 0 saturated heterocycles. The molecule has 100 valence electrons. The first-order valence-corrected chi connectivity index (χ1v) is 6.75. The van der Waals surface area contributed by atoms with Crippen LogP contribution in [0.5, 0.6) is 5.75 Å². The van der Waals surface area contributed by atoms with Crippen molar-refractivity contribution in [2.24, 2.45) is 0 Å². The molecule has 0 aliphatic heterocycles. The number of methoxy groups -OCH3 is 1. The van der Waals surface area contributed by atoms with Gasteiger partial charge in [0.25, 0.3) is 0 Å². The first-order valence-electron chi connectivity index (χ1n) is 6.75. The van der Waals surface area contributed by atoms with Crippen molar-refractivity contribution >= 4 is 0 Å². The zero-order valence-corrected chi connectivity index (χ0v) is 11.1. The maximum atomic E-state index is 5.33. The van der Waals surface area contributed by atoms with E-state index in [-0.39, 0.29) is 0 Å². The van der Waals surface area contributed by atoms with E-state index in [1.807, 2.05) is 12.3 Å². The molecule has 2 N–H and O–H groups in total. The predicted molar refractivity (Wildman–Crippen MR) is 74.1 cm³/mol. The molecular formula is C15H19N3O. The van der Waals surface area contributed by atoms with E-state index in [0.717, 1.165) is 24.5 Å². The third-order valence-corrected chi connectivity index (χ3v) is 3.74. The van der Waals surface area contributed by atoms with Crippen molar-refractivity contribution < 1.29 is 4.74 Å². The first-order chi connectivity index (χ1) is 9.36. The van der Waals surface area contributed by atoms with Crippen molar-refractivity contribution in [3.63, 3.8) is 0 Å². The van der Waals surface area contributed by atoms with Gasteiger partial charge in [-0.25, -0.2) is 4.98 Å². The van der Waals surface area contributed by atoms with E-state index in [9.17, 15) is 0 Å². The summed E-state index contributed by atoms with van der Waals surface area (Å²) in [6, 6.07) is 6.79. The minimum absolute atomic E-state index is 0.393. The molecule has 0 amide bonds. The summed E-state index contributed by atoms with van der Waals surface area (Å²) in [5, 5.41) is 3.58. The smallest absolute Gasteiger partial charge is 0.120 e. The summed E-state index contributed by atoms with van der Waals surface area (Å²) in [5.41, 5.74) is 2.81. The standard InChI is InChI=1S/C15H19N3O/c1-19-12-6-5-11-3-2-4-14(13(11)9-12)18-10-15-16-7-8-17-15/h5-9,14,18H,2-4,10H2,1H3,(H,16,17). The van der Waals surface area contributed by atoms with Crippen LogP contribution in [0.3, 0.4) is 0 Å². The number of nitrogens with zero attached hydrogens (tertiary/aromatic N) is 1. The molecular weight excluding hydrogens is 238 g/mol. The van der Waals surface area contributed by atoms with Crippen LogP contribution in [0.4, 0.5) is 0 Å². The number of aryl methyl sites for hydroxylation is 1. The van der Waals surface area contributed by atoms with Gasteiger partial charge in [0.1, 0.15) is 11.6 Å². The van der Waals surface area contributed by atoms with Gasteiger partial charge in [0, 0.05) is 18.4 Å². The molecule has 1 aromatic heterocycles. The molecule has 3 rings (SSSR count). The lowest BCUT2D eigenvalue weighted by Gasteiger charge is -2.26. The van der Waals surface area contributed by atoms with Gasteiger partial charge in [-0.05, 0) is 42.5 Å². The highest BCUT2D eigenvalue weighted by atomic mass is 16.5. The number of H-pyrrole nitrogens is 1. The van der Waals surface area contributed by atoms with E-state index in [1.54, 1.807) is 13.3 Å². The minimum Gasteiger partial charge on any atom is -0.497 e. The lowest BCUT2D eigenvalue weighted by molar-refractivity contribution is 0.408. The van der Waals surface area contributed by atoms with E-state index in [1.165, 1.54) is 24.0 Å². The largest absolute Gasteiger partial charge is 0.497 e. The molecule has 4 heteroatoms. The molecule has 1 aliphatic carbocycles. The van der Waals surface area contributed by atoms with E-state index in [4.69, 9.17) is 4.74 Å². The number of benzene rings is 1. The topological polar surface area (TPSA) is 49.9 Å². The Kier molecular flexibility index (Phi) is 3.51. The maximum Gasteiger partial charge on any atom is 0.120 e. The van der Waals surface area contributed by atoms with Crippen molar-refractivity contribution in [2.75, 3.05) is 7.11 Å². The second-order valence-corrected chi connectivity index (χ2v) is 4.93. The van der Waals surface area contributed by atoms with Crippen molar-refractivity contribution in [1.82, 2.24) is 15.3 Å². The van der Waals surface area contributed by atoms with Gasteiger partial charge >= 0.3 is 0 Å². The number of ether oxygens (including phenoxy) is 1. The molecule has 4 nitrogen and oxygen atoms in total. The molecule has 0 bridgehead atoms. The molecule has 1 heterocycles. The van der Waals surface area contributed by atoms with Crippen molar-refractivity contribution in [2.45, 2.75) is 31.8 Å². The van der Waals surface area contributed by atoms with Crippen LogP contribution < -0.4 is 10.1 Å². The van der Waals surface area contributed by atoms with Gasteiger partial charge in [0.15, 0.2) is 0 Å². The Labute approximate surface area is 113 Å². The van der Waals surface area contributed by atoms with Crippen molar-refractivity contribution in [1.29, 1.82) is 0 Å².